The highest BCUT2D eigenvalue weighted by Crippen LogP contribution is 2.29. The van der Waals surface area contributed by atoms with Gasteiger partial charge in [0.2, 0.25) is 0 Å². The molecule has 1 saturated carbocycles. The Morgan fingerprint density at radius 1 is 1.41 bits per heavy atom. The van der Waals surface area contributed by atoms with E-state index in [1.54, 1.807) is 16.8 Å². The Kier molecular flexibility index (Phi) is 5.39. The number of hydrogen-bond acceptors (Lipinski definition) is 5. The minimum absolute atomic E-state index is 0.0624. The molecule has 2 fully saturated rings. The lowest BCUT2D eigenvalue weighted by molar-refractivity contribution is -0.0509. The number of amides is 2. The first-order valence-corrected chi connectivity index (χ1v) is 9.75. The summed E-state index contributed by atoms with van der Waals surface area (Å²) in [4.78, 5) is 17.9. The molecular formula is C19H25F2N5O3. The van der Waals surface area contributed by atoms with Gasteiger partial charge in [0, 0.05) is 19.1 Å². The standard InChI is InChI=1S/C19H25F2N5O3/c1-12(29-15-3-4-15)5-14-8-26-17(24-14)6-13(7-23-26)16(9-28-2)25-11-19(20,21)10-22-18(25)27/h6-8,12,15-16H,3-5,9-11H2,1-2H3,(H,22,27)/t12?,16-/m1/s1. The number of nitrogens with one attached hydrogen (secondary N) is 1. The maximum Gasteiger partial charge on any atom is 0.318 e. The van der Waals surface area contributed by atoms with Gasteiger partial charge in [-0.15, -0.1) is 0 Å². The summed E-state index contributed by atoms with van der Waals surface area (Å²) in [5, 5.41) is 6.59. The van der Waals surface area contributed by atoms with Gasteiger partial charge in [0.15, 0.2) is 5.65 Å². The van der Waals surface area contributed by atoms with Crippen LogP contribution in [0.1, 0.15) is 37.1 Å². The zero-order chi connectivity index (χ0) is 20.6. The molecular weight excluding hydrogens is 384 g/mol. The predicted octanol–water partition coefficient (Wildman–Crippen LogP) is 2.19. The number of methoxy groups -OCH3 is 1. The van der Waals surface area contributed by atoms with Crippen molar-refractivity contribution in [1.82, 2.24) is 24.8 Å². The van der Waals surface area contributed by atoms with Crippen LogP contribution in [0.5, 0.6) is 0 Å². The number of ether oxygens (including phenoxy) is 2. The van der Waals surface area contributed by atoms with E-state index in [0.29, 0.717) is 23.7 Å². The number of urea groups is 1. The maximum atomic E-state index is 13.9. The molecule has 1 saturated heterocycles. The predicted molar refractivity (Wildman–Crippen MR) is 99.9 cm³/mol. The SMILES string of the molecule is COC[C@H](c1cnn2cc(CC(C)OC3CC3)nc2c1)N1CC(F)(F)CNC1=O. The van der Waals surface area contributed by atoms with Gasteiger partial charge in [-0.05, 0) is 25.8 Å². The van der Waals surface area contributed by atoms with Crippen molar-refractivity contribution in [1.29, 1.82) is 0 Å². The Labute approximate surface area is 167 Å². The summed E-state index contributed by atoms with van der Waals surface area (Å²) in [6.07, 6.45) is 6.72. The van der Waals surface area contributed by atoms with Crippen molar-refractivity contribution in [2.45, 2.75) is 50.4 Å². The second-order valence-corrected chi connectivity index (χ2v) is 7.79. The summed E-state index contributed by atoms with van der Waals surface area (Å²) in [7, 11) is 1.47. The van der Waals surface area contributed by atoms with Gasteiger partial charge in [0.1, 0.15) is 0 Å². The van der Waals surface area contributed by atoms with E-state index in [1.807, 2.05) is 13.1 Å². The van der Waals surface area contributed by atoms with Crippen LogP contribution in [0.4, 0.5) is 13.6 Å². The Hall–Kier alpha value is -2.33. The summed E-state index contributed by atoms with van der Waals surface area (Å²) >= 11 is 0. The highest BCUT2D eigenvalue weighted by molar-refractivity contribution is 5.76. The third-order valence-corrected chi connectivity index (χ3v) is 5.08. The largest absolute Gasteiger partial charge is 0.382 e. The van der Waals surface area contributed by atoms with Crippen LogP contribution in [0.3, 0.4) is 0 Å². The number of rotatable bonds is 8. The average Bonchev–Trinajstić information content (AvgIpc) is 3.38. The molecule has 0 aromatic carbocycles. The molecule has 1 aliphatic carbocycles. The molecule has 2 aromatic rings. The average molecular weight is 409 g/mol. The Morgan fingerprint density at radius 2 is 2.21 bits per heavy atom. The van der Waals surface area contributed by atoms with Gasteiger partial charge in [0.25, 0.3) is 5.92 Å². The number of alkyl halides is 2. The van der Waals surface area contributed by atoms with Crippen LogP contribution in [0.2, 0.25) is 0 Å². The summed E-state index contributed by atoms with van der Waals surface area (Å²) in [5.41, 5.74) is 2.02. The molecule has 8 nitrogen and oxygen atoms in total. The minimum atomic E-state index is -3.00. The van der Waals surface area contributed by atoms with Crippen LogP contribution in [-0.2, 0) is 15.9 Å². The first kappa shape index (κ1) is 20.0. The lowest BCUT2D eigenvalue weighted by atomic mass is 10.1. The van der Waals surface area contributed by atoms with Gasteiger partial charge in [-0.3, -0.25) is 0 Å². The second kappa shape index (κ2) is 7.83. The van der Waals surface area contributed by atoms with Gasteiger partial charge in [-0.25, -0.2) is 23.1 Å². The van der Waals surface area contributed by atoms with E-state index in [9.17, 15) is 13.6 Å². The topological polar surface area (TPSA) is 81.0 Å². The zero-order valence-corrected chi connectivity index (χ0v) is 16.5. The number of carbonyl (C=O) groups is 1. The van der Waals surface area contributed by atoms with Crippen molar-refractivity contribution >= 4 is 11.7 Å². The van der Waals surface area contributed by atoms with Gasteiger partial charge in [-0.2, -0.15) is 5.10 Å². The van der Waals surface area contributed by atoms with Crippen molar-refractivity contribution in [2.24, 2.45) is 0 Å². The van der Waals surface area contributed by atoms with Gasteiger partial charge < -0.3 is 19.7 Å². The molecule has 2 aliphatic rings. The van der Waals surface area contributed by atoms with E-state index < -0.39 is 31.1 Å². The summed E-state index contributed by atoms with van der Waals surface area (Å²) in [6.45, 7) is 0.754. The fraction of sp³-hybridized carbons (Fsp3) is 0.632. The van der Waals surface area contributed by atoms with Gasteiger partial charge >= 0.3 is 6.03 Å². The van der Waals surface area contributed by atoms with E-state index in [1.165, 1.54) is 7.11 Å². The van der Waals surface area contributed by atoms with E-state index >= 15 is 0 Å². The first-order chi connectivity index (χ1) is 13.8. The number of hydrogen-bond donors (Lipinski definition) is 1. The molecule has 0 spiro atoms. The van der Waals surface area contributed by atoms with Gasteiger partial charge in [-0.1, -0.05) is 0 Å². The number of imidazole rings is 1. The third-order valence-electron chi connectivity index (χ3n) is 5.08. The Bertz CT molecular complexity index is 886. The number of halogens is 2. The van der Waals surface area contributed by atoms with Crippen molar-refractivity contribution < 1.29 is 23.0 Å². The molecule has 1 N–H and O–H groups in total. The van der Waals surface area contributed by atoms with Crippen molar-refractivity contribution in [3.05, 3.63) is 29.7 Å². The van der Waals surface area contributed by atoms with Crippen molar-refractivity contribution in [3.63, 3.8) is 0 Å². The van der Waals surface area contributed by atoms with Crippen LogP contribution in [0.25, 0.3) is 5.65 Å². The van der Waals surface area contributed by atoms with Crippen LogP contribution in [0.15, 0.2) is 18.5 Å². The molecule has 0 bridgehead atoms. The fourth-order valence-corrected chi connectivity index (χ4v) is 3.56. The Balaban J connectivity index is 1.56. The molecule has 0 radical (unpaired) electrons. The van der Waals surface area contributed by atoms with Crippen molar-refractivity contribution in [2.75, 3.05) is 26.8 Å². The van der Waals surface area contributed by atoms with Crippen LogP contribution in [-0.4, -0.2) is 70.5 Å². The molecule has 2 aromatic heterocycles. The quantitative estimate of drug-likeness (QED) is 0.723. The summed E-state index contributed by atoms with van der Waals surface area (Å²) < 4.78 is 40.4. The monoisotopic (exact) mass is 409 g/mol. The molecule has 2 amide bonds. The Morgan fingerprint density at radius 3 is 2.93 bits per heavy atom. The van der Waals surface area contributed by atoms with E-state index in [2.05, 4.69) is 15.4 Å². The lowest BCUT2D eigenvalue weighted by Gasteiger charge is -2.38. The minimum Gasteiger partial charge on any atom is -0.382 e. The molecule has 10 heteroatoms. The zero-order valence-electron chi connectivity index (χ0n) is 16.5. The summed E-state index contributed by atoms with van der Waals surface area (Å²) in [6, 6.07) is 0.515. The van der Waals surface area contributed by atoms with Crippen molar-refractivity contribution in [3.8, 4) is 0 Å². The number of fused-ring (bicyclic) bond motifs is 1. The fourth-order valence-electron chi connectivity index (χ4n) is 3.56. The number of carbonyl (C=O) groups excluding carboxylic acids is 1. The first-order valence-electron chi connectivity index (χ1n) is 9.75. The molecule has 158 valence electrons. The second-order valence-electron chi connectivity index (χ2n) is 7.79. The number of nitrogens with zero attached hydrogens (tertiary/aromatic N) is 4. The van der Waals surface area contributed by atoms with E-state index in [-0.39, 0.29) is 12.7 Å². The van der Waals surface area contributed by atoms with E-state index in [4.69, 9.17) is 9.47 Å². The molecule has 1 unspecified atom stereocenters. The van der Waals surface area contributed by atoms with Crippen LogP contribution in [0, 0.1) is 0 Å². The smallest absolute Gasteiger partial charge is 0.318 e. The molecule has 4 rings (SSSR count). The number of aromatic nitrogens is 3. The molecule has 2 atom stereocenters. The van der Waals surface area contributed by atoms with E-state index in [0.717, 1.165) is 23.4 Å². The highest BCUT2D eigenvalue weighted by atomic mass is 19.3. The van der Waals surface area contributed by atoms with Crippen LogP contribution < -0.4 is 5.32 Å². The lowest BCUT2D eigenvalue weighted by Crippen LogP contribution is -2.58. The third kappa shape index (κ3) is 4.64. The van der Waals surface area contributed by atoms with Gasteiger partial charge in [0.05, 0.1) is 56.0 Å². The molecule has 3 heterocycles. The van der Waals surface area contributed by atoms with Crippen LogP contribution >= 0.6 is 0 Å². The normalized spacial score (nSPS) is 21.2. The molecule has 1 aliphatic heterocycles. The summed E-state index contributed by atoms with van der Waals surface area (Å²) in [5.74, 6) is -3.00. The highest BCUT2D eigenvalue weighted by Gasteiger charge is 2.42. The maximum absolute atomic E-state index is 13.9. The molecule has 29 heavy (non-hydrogen) atoms.